The summed E-state index contributed by atoms with van der Waals surface area (Å²) in [7, 11) is 0. The maximum Gasteiger partial charge on any atom is 0.345 e. The summed E-state index contributed by atoms with van der Waals surface area (Å²) in [4.78, 5) is 11.9. The van der Waals surface area contributed by atoms with E-state index in [-0.39, 0.29) is 0 Å². The molecule has 1 aliphatic heterocycles. The second-order valence-corrected chi connectivity index (χ2v) is 4.08. The minimum Gasteiger partial charge on any atom is -0.477 e. The van der Waals surface area contributed by atoms with Gasteiger partial charge in [-0.05, 0) is 11.6 Å². The van der Waals surface area contributed by atoms with Gasteiger partial charge >= 0.3 is 5.97 Å². The summed E-state index contributed by atoms with van der Waals surface area (Å²) in [5.74, 6) is -0.924. The van der Waals surface area contributed by atoms with Gasteiger partial charge in [-0.1, -0.05) is 0 Å². The zero-order valence-corrected chi connectivity index (χ0v) is 7.60. The molecule has 1 aliphatic rings. The molecule has 0 radical (unpaired) electrons. The van der Waals surface area contributed by atoms with Gasteiger partial charge in [0.2, 0.25) is 0 Å². The third kappa shape index (κ3) is 1.46. The highest BCUT2D eigenvalue weighted by Gasteiger charge is 2.22. The lowest BCUT2D eigenvalue weighted by Crippen LogP contribution is -2.26. The van der Waals surface area contributed by atoms with Gasteiger partial charge in [-0.2, -0.15) is 0 Å². The molecule has 1 aromatic rings. The number of carboxylic acids is 1. The van der Waals surface area contributed by atoms with Crippen LogP contribution in [0.2, 0.25) is 0 Å². The smallest absolute Gasteiger partial charge is 0.345 e. The van der Waals surface area contributed by atoms with Crippen LogP contribution in [0.1, 0.15) is 26.2 Å². The van der Waals surface area contributed by atoms with Gasteiger partial charge in [-0.25, -0.2) is 4.79 Å². The van der Waals surface area contributed by atoms with E-state index in [0.717, 1.165) is 10.4 Å². The Hall–Kier alpha value is -0.910. The van der Waals surface area contributed by atoms with Crippen molar-refractivity contribution in [3.8, 4) is 0 Å². The van der Waals surface area contributed by atoms with Crippen molar-refractivity contribution < 1.29 is 15.0 Å². The number of aromatic carboxylic acids is 1. The van der Waals surface area contributed by atoms with Crippen LogP contribution in [0.3, 0.4) is 0 Å². The van der Waals surface area contributed by atoms with Crippen LogP contribution in [-0.2, 0) is 6.54 Å². The molecule has 1 atom stereocenters. The van der Waals surface area contributed by atoms with E-state index in [1.54, 1.807) is 6.07 Å². The molecule has 0 saturated heterocycles. The molecule has 0 aromatic carbocycles. The van der Waals surface area contributed by atoms with Crippen molar-refractivity contribution >= 4 is 17.3 Å². The maximum absolute atomic E-state index is 10.6. The van der Waals surface area contributed by atoms with Crippen LogP contribution < -0.4 is 5.32 Å². The molecule has 0 aliphatic carbocycles. The van der Waals surface area contributed by atoms with Gasteiger partial charge in [0.15, 0.2) is 0 Å². The number of carboxylic acid groups (broad SMARTS) is 1. The summed E-state index contributed by atoms with van der Waals surface area (Å²) in [5, 5.41) is 21.2. The van der Waals surface area contributed by atoms with Crippen LogP contribution in [0.25, 0.3) is 0 Å². The molecule has 0 saturated carbocycles. The van der Waals surface area contributed by atoms with Crippen molar-refractivity contribution in [1.82, 2.24) is 5.32 Å². The fraction of sp³-hybridized carbons (Fsp3) is 0.375. The van der Waals surface area contributed by atoms with Gasteiger partial charge in [0.1, 0.15) is 4.88 Å². The van der Waals surface area contributed by atoms with Gasteiger partial charge < -0.3 is 15.5 Å². The zero-order valence-electron chi connectivity index (χ0n) is 6.78. The molecular formula is C8H9NO3S. The fourth-order valence-electron chi connectivity index (χ4n) is 1.40. The molecule has 2 heterocycles. The summed E-state index contributed by atoms with van der Waals surface area (Å²) in [6.07, 6.45) is -0.562. The Kier molecular flexibility index (Phi) is 2.07. The van der Waals surface area contributed by atoms with E-state index in [0.29, 0.717) is 18.0 Å². The molecule has 0 fully saturated rings. The molecule has 5 heteroatoms. The van der Waals surface area contributed by atoms with E-state index >= 15 is 0 Å². The van der Waals surface area contributed by atoms with Crippen LogP contribution >= 0.6 is 11.3 Å². The maximum atomic E-state index is 10.6. The lowest BCUT2D eigenvalue weighted by molar-refractivity contribution is 0.0702. The molecule has 0 bridgehead atoms. The summed E-state index contributed by atoms with van der Waals surface area (Å²) >= 11 is 1.23. The Morgan fingerprint density at radius 2 is 2.46 bits per heavy atom. The average molecular weight is 199 g/mol. The SMILES string of the molecule is O=C(O)c1cc2c(s1)CNCC2O. The molecule has 3 N–H and O–H groups in total. The fourth-order valence-corrected chi connectivity index (χ4v) is 2.43. The number of aliphatic hydroxyl groups excluding tert-OH is 1. The van der Waals surface area contributed by atoms with Crippen LogP contribution in [-0.4, -0.2) is 22.7 Å². The number of rotatable bonds is 1. The van der Waals surface area contributed by atoms with E-state index in [1.807, 2.05) is 0 Å². The number of nitrogens with one attached hydrogen (secondary N) is 1. The number of hydrogen-bond donors (Lipinski definition) is 3. The molecule has 2 rings (SSSR count). The van der Waals surface area contributed by atoms with Crippen LogP contribution in [0.5, 0.6) is 0 Å². The predicted octanol–water partition coefficient (Wildman–Crippen LogP) is 0.583. The highest BCUT2D eigenvalue weighted by atomic mass is 32.1. The standard InChI is InChI=1S/C8H9NO3S/c10-5-2-9-3-7-4(5)1-6(13-7)8(11)12/h1,5,9-10H,2-3H2,(H,11,12). The number of β-amino-alcohol motifs (C(OH)–C–C–N with tert-alkyl or cyclic N) is 1. The molecule has 70 valence electrons. The van der Waals surface area contributed by atoms with Gasteiger partial charge in [-0.3, -0.25) is 0 Å². The number of thiophene rings is 1. The minimum absolute atomic E-state index is 0.299. The van der Waals surface area contributed by atoms with Crippen molar-refractivity contribution in [2.45, 2.75) is 12.6 Å². The summed E-state index contributed by atoms with van der Waals surface area (Å²) in [6.45, 7) is 1.16. The first kappa shape index (κ1) is 8.68. The third-order valence-electron chi connectivity index (χ3n) is 2.03. The molecule has 4 nitrogen and oxygen atoms in total. The molecule has 0 spiro atoms. The van der Waals surface area contributed by atoms with Crippen LogP contribution in [0, 0.1) is 0 Å². The summed E-state index contributed by atoms with van der Waals surface area (Å²) in [6, 6.07) is 1.56. The minimum atomic E-state index is -0.924. The zero-order chi connectivity index (χ0) is 9.42. The number of aliphatic hydroxyl groups is 1. The van der Waals surface area contributed by atoms with Crippen molar-refractivity contribution in [3.63, 3.8) is 0 Å². The van der Waals surface area contributed by atoms with Gasteiger partial charge in [0.25, 0.3) is 0 Å². The lowest BCUT2D eigenvalue weighted by atomic mass is 10.1. The van der Waals surface area contributed by atoms with Crippen molar-refractivity contribution in [3.05, 3.63) is 21.4 Å². The van der Waals surface area contributed by atoms with E-state index in [2.05, 4.69) is 5.32 Å². The van der Waals surface area contributed by atoms with Crippen molar-refractivity contribution in [2.24, 2.45) is 0 Å². The van der Waals surface area contributed by atoms with Gasteiger partial charge in [-0.15, -0.1) is 11.3 Å². The van der Waals surface area contributed by atoms with E-state index in [1.165, 1.54) is 11.3 Å². The molecule has 13 heavy (non-hydrogen) atoms. The molecule has 1 unspecified atom stereocenters. The van der Waals surface area contributed by atoms with E-state index in [4.69, 9.17) is 5.11 Å². The van der Waals surface area contributed by atoms with Crippen LogP contribution in [0.4, 0.5) is 0 Å². The first-order valence-electron chi connectivity index (χ1n) is 3.93. The first-order chi connectivity index (χ1) is 6.18. The van der Waals surface area contributed by atoms with Crippen molar-refractivity contribution in [2.75, 3.05) is 6.54 Å². The highest BCUT2D eigenvalue weighted by molar-refractivity contribution is 7.14. The monoisotopic (exact) mass is 199 g/mol. The number of fused-ring (bicyclic) bond motifs is 1. The first-order valence-corrected chi connectivity index (χ1v) is 4.75. The Balaban J connectivity index is 2.42. The number of hydrogen-bond acceptors (Lipinski definition) is 4. The second-order valence-electron chi connectivity index (χ2n) is 2.94. The van der Waals surface area contributed by atoms with Gasteiger partial charge in [0, 0.05) is 18.0 Å². The number of carbonyl (C=O) groups is 1. The Labute approximate surface area is 78.8 Å². The molecular weight excluding hydrogens is 190 g/mol. The third-order valence-corrected chi connectivity index (χ3v) is 3.17. The van der Waals surface area contributed by atoms with Crippen molar-refractivity contribution in [1.29, 1.82) is 0 Å². The Morgan fingerprint density at radius 1 is 1.69 bits per heavy atom. The molecule has 1 aromatic heterocycles. The lowest BCUT2D eigenvalue weighted by Gasteiger charge is -2.17. The van der Waals surface area contributed by atoms with E-state index < -0.39 is 12.1 Å². The normalized spacial score (nSPS) is 21.2. The van der Waals surface area contributed by atoms with Crippen LogP contribution in [0.15, 0.2) is 6.07 Å². The highest BCUT2D eigenvalue weighted by Crippen LogP contribution is 2.29. The topological polar surface area (TPSA) is 69.6 Å². The average Bonchev–Trinajstić information content (AvgIpc) is 2.49. The second kappa shape index (κ2) is 3.10. The quantitative estimate of drug-likeness (QED) is 0.619. The predicted molar refractivity (Wildman–Crippen MR) is 47.9 cm³/mol. The summed E-state index contributed by atoms with van der Waals surface area (Å²) in [5.41, 5.74) is 0.765. The Morgan fingerprint density at radius 3 is 3.08 bits per heavy atom. The largest absolute Gasteiger partial charge is 0.477 e. The summed E-state index contributed by atoms with van der Waals surface area (Å²) < 4.78 is 0. The molecule has 0 amide bonds. The van der Waals surface area contributed by atoms with E-state index in [9.17, 15) is 9.90 Å². The van der Waals surface area contributed by atoms with Gasteiger partial charge in [0.05, 0.1) is 6.10 Å². The Bertz CT molecular complexity index is 347.